The molecule has 1 aliphatic heterocycles. The molecule has 24 heavy (non-hydrogen) atoms. The predicted molar refractivity (Wildman–Crippen MR) is 108 cm³/mol. The standard InChI is InChI=1S/C17H27N5O.HI/c18-17(21-14-5-2-1-3-6-14)19-13-15-7-4-8-16(20-15)22-9-11-23-12-10-22;/h4,7-8,14H,1-3,5-6,9-13H2,(H3,18,19,21);1H. The van der Waals surface area contributed by atoms with E-state index in [1.165, 1.54) is 32.1 Å². The average Bonchev–Trinajstić information content (AvgIpc) is 2.62. The van der Waals surface area contributed by atoms with E-state index < -0.39 is 0 Å². The van der Waals surface area contributed by atoms with Crippen molar-refractivity contribution in [2.75, 3.05) is 31.2 Å². The molecule has 3 N–H and O–H groups in total. The summed E-state index contributed by atoms with van der Waals surface area (Å²) in [6.45, 7) is 3.84. The highest BCUT2D eigenvalue weighted by atomic mass is 127. The van der Waals surface area contributed by atoms with E-state index >= 15 is 0 Å². The fourth-order valence-corrected chi connectivity index (χ4v) is 3.19. The zero-order valence-corrected chi connectivity index (χ0v) is 16.4. The van der Waals surface area contributed by atoms with Crippen LogP contribution in [0.2, 0.25) is 0 Å². The molecule has 1 aliphatic carbocycles. The lowest BCUT2D eigenvalue weighted by Gasteiger charge is -2.28. The number of nitrogens with one attached hydrogen (secondary N) is 1. The molecule has 0 unspecified atom stereocenters. The molecule has 3 rings (SSSR count). The summed E-state index contributed by atoms with van der Waals surface area (Å²) in [7, 11) is 0. The van der Waals surface area contributed by atoms with Crippen molar-refractivity contribution in [1.29, 1.82) is 0 Å². The summed E-state index contributed by atoms with van der Waals surface area (Å²) in [5, 5.41) is 3.34. The molecular formula is C17H28IN5O. The molecule has 1 saturated carbocycles. The summed E-state index contributed by atoms with van der Waals surface area (Å²) in [6.07, 6.45) is 6.30. The molecule has 2 aliphatic rings. The Bertz CT molecular complexity index is 527. The van der Waals surface area contributed by atoms with E-state index in [4.69, 9.17) is 15.5 Å². The number of rotatable bonds is 4. The zero-order chi connectivity index (χ0) is 15.9. The smallest absolute Gasteiger partial charge is 0.189 e. The number of ether oxygens (including phenoxy) is 1. The summed E-state index contributed by atoms with van der Waals surface area (Å²) in [6, 6.07) is 6.57. The topological polar surface area (TPSA) is 75.8 Å². The van der Waals surface area contributed by atoms with Gasteiger partial charge in [0.2, 0.25) is 0 Å². The Hall–Kier alpha value is -1.09. The molecular weight excluding hydrogens is 417 g/mol. The van der Waals surface area contributed by atoms with Gasteiger partial charge in [-0.15, -0.1) is 24.0 Å². The monoisotopic (exact) mass is 445 g/mol. The van der Waals surface area contributed by atoms with Gasteiger partial charge in [0.1, 0.15) is 5.82 Å². The zero-order valence-electron chi connectivity index (χ0n) is 14.1. The first kappa shape index (κ1) is 19.2. The number of hydrogen-bond acceptors (Lipinski definition) is 4. The minimum atomic E-state index is 0. The first-order chi connectivity index (χ1) is 11.3. The first-order valence-corrected chi connectivity index (χ1v) is 8.66. The molecule has 0 atom stereocenters. The summed E-state index contributed by atoms with van der Waals surface area (Å²) in [5.74, 6) is 1.54. The van der Waals surface area contributed by atoms with Crippen molar-refractivity contribution in [2.45, 2.75) is 44.7 Å². The molecule has 2 fully saturated rings. The maximum atomic E-state index is 6.02. The Morgan fingerprint density at radius 2 is 2.00 bits per heavy atom. The largest absolute Gasteiger partial charge is 0.378 e. The van der Waals surface area contributed by atoms with Crippen LogP contribution in [0.15, 0.2) is 23.2 Å². The lowest BCUT2D eigenvalue weighted by Crippen LogP contribution is -2.41. The molecule has 0 radical (unpaired) electrons. The van der Waals surface area contributed by atoms with Crippen molar-refractivity contribution < 1.29 is 4.74 Å². The Morgan fingerprint density at radius 1 is 1.25 bits per heavy atom. The Labute approximate surface area is 161 Å². The van der Waals surface area contributed by atoms with E-state index in [9.17, 15) is 0 Å². The third-order valence-corrected chi connectivity index (χ3v) is 4.50. The summed E-state index contributed by atoms with van der Waals surface area (Å²) in [5.41, 5.74) is 6.96. The van der Waals surface area contributed by atoms with Crippen LogP contribution in [0.25, 0.3) is 0 Å². The predicted octanol–water partition coefficient (Wildman–Crippen LogP) is 2.27. The second kappa shape index (κ2) is 10.0. The van der Waals surface area contributed by atoms with Gasteiger partial charge in [-0.25, -0.2) is 9.98 Å². The van der Waals surface area contributed by atoms with Crippen LogP contribution in [0.1, 0.15) is 37.8 Å². The van der Waals surface area contributed by atoms with Gasteiger partial charge in [-0.3, -0.25) is 0 Å². The third-order valence-electron chi connectivity index (χ3n) is 4.50. The molecule has 6 nitrogen and oxygen atoms in total. The normalized spacial score (nSPS) is 19.7. The van der Waals surface area contributed by atoms with E-state index in [-0.39, 0.29) is 24.0 Å². The quantitative estimate of drug-likeness (QED) is 0.423. The van der Waals surface area contributed by atoms with Crippen LogP contribution in [-0.4, -0.2) is 43.3 Å². The number of nitrogens with two attached hydrogens (primary N) is 1. The third kappa shape index (κ3) is 5.77. The summed E-state index contributed by atoms with van der Waals surface area (Å²) < 4.78 is 5.39. The van der Waals surface area contributed by atoms with Gasteiger partial charge < -0.3 is 20.7 Å². The second-order valence-electron chi connectivity index (χ2n) is 6.27. The maximum absolute atomic E-state index is 6.02. The van der Waals surface area contributed by atoms with Crippen LogP contribution < -0.4 is 16.0 Å². The lowest BCUT2D eigenvalue weighted by molar-refractivity contribution is 0.122. The minimum Gasteiger partial charge on any atom is -0.378 e. The fourth-order valence-electron chi connectivity index (χ4n) is 3.19. The van der Waals surface area contributed by atoms with Gasteiger partial charge in [0.15, 0.2) is 5.96 Å². The van der Waals surface area contributed by atoms with Crippen molar-refractivity contribution in [3.05, 3.63) is 23.9 Å². The molecule has 134 valence electrons. The SMILES string of the molecule is I.NC(=NCc1cccc(N2CCOCC2)n1)NC1CCCCC1. The van der Waals surface area contributed by atoms with E-state index in [1.54, 1.807) is 0 Å². The van der Waals surface area contributed by atoms with Gasteiger partial charge in [-0.1, -0.05) is 25.3 Å². The van der Waals surface area contributed by atoms with Crippen LogP contribution in [0.5, 0.6) is 0 Å². The summed E-state index contributed by atoms with van der Waals surface area (Å²) in [4.78, 5) is 11.4. The van der Waals surface area contributed by atoms with E-state index in [0.717, 1.165) is 37.8 Å². The molecule has 0 amide bonds. The minimum absolute atomic E-state index is 0. The molecule has 1 aromatic rings. The number of guanidine groups is 1. The highest BCUT2D eigenvalue weighted by molar-refractivity contribution is 14.0. The van der Waals surface area contributed by atoms with Crippen LogP contribution in [-0.2, 0) is 11.3 Å². The first-order valence-electron chi connectivity index (χ1n) is 8.66. The van der Waals surface area contributed by atoms with Crippen molar-refractivity contribution in [2.24, 2.45) is 10.7 Å². The number of aliphatic imine (C=N–C) groups is 1. The van der Waals surface area contributed by atoms with E-state index in [2.05, 4.69) is 15.2 Å². The van der Waals surface area contributed by atoms with Crippen molar-refractivity contribution in [3.63, 3.8) is 0 Å². The van der Waals surface area contributed by atoms with Gasteiger partial charge >= 0.3 is 0 Å². The number of aromatic nitrogens is 1. The molecule has 0 bridgehead atoms. The Kier molecular flexibility index (Phi) is 8.04. The number of anilines is 1. The van der Waals surface area contributed by atoms with Crippen LogP contribution >= 0.6 is 24.0 Å². The van der Waals surface area contributed by atoms with Crippen LogP contribution in [0.3, 0.4) is 0 Å². The van der Waals surface area contributed by atoms with Gasteiger partial charge in [-0.05, 0) is 25.0 Å². The van der Waals surface area contributed by atoms with Gasteiger partial charge in [0.05, 0.1) is 25.5 Å². The van der Waals surface area contributed by atoms with E-state index in [0.29, 0.717) is 18.5 Å². The number of nitrogens with zero attached hydrogens (tertiary/aromatic N) is 3. The van der Waals surface area contributed by atoms with Gasteiger partial charge in [0.25, 0.3) is 0 Å². The maximum Gasteiger partial charge on any atom is 0.189 e. The molecule has 1 saturated heterocycles. The molecule has 0 spiro atoms. The van der Waals surface area contributed by atoms with E-state index in [1.807, 2.05) is 18.2 Å². The number of hydrogen-bond donors (Lipinski definition) is 2. The average molecular weight is 445 g/mol. The molecule has 2 heterocycles. The number of halogens is 1. The highest BCUT2D eigenvalue weighted by Crippen LogP contribution is 2.17. The molecule has 1 aromatic heterocycles. The van der Waals surface area contributed by atoms with Gasteiger partial charge in [-0.2, -0.15) is 0 Å². The van der Waals surface area contributed by atoms with Crippen molar-refractivity contribution in [3.8, 4) is 0 Å². The second-order valence-corrected chi connectivity index (χ2v) is 6.27. The Morgan fingerprint density at radius 3 is 2.75 bits per heavy atom. The number of morpholine rings is 1. The summed E-state index contributed by atoms with van der Waals surface area (Å²) >= 11 is 0. The van der Waals surface area contributed by atoms with Crippen molar-refractivity contribution >= 4 is 35.8 Å². The molecule has 0 aromatic carbocycles. The lowest BCUT2D eigenvalue weighted by atomic mass is 9.96. The van der Waals surface area contributed by atoms with Crippen LogP contribution in [0, 0.1) is 0 Å². The van der Waals surface area contributed by atoms with Gasteiger partial charge in [0, 0.05) is 19.1 Å². The number of pyridine rings is 1. The highest BCUT2D eigenvalue weighted by Gasteiger charge is 2.14. The molecule has 7 heteroatoms. The fraction of sp³-hybridized carbons (Fsp3) is 0.647. The van der Waals surface area contributed by atoms with Crippen molar-refractivity contribution in [1.82, 2.24) is 10.3 Å². The Balaban J connectivity index is 0.00000208. The van der Waals surface area contributed by atoms with Crippen LogP contribution in [0.4, 0.5) is 5.82 Å².